The molecule has 1 atom stereocenters. The number of nitrogens with two attached hydrogens (primary N) is 1. The lowest BCUT2D eigenvalue weighted by atomic mass is 10.1. The summed E-state index contributed by atoms with van der Waals surface area (Å²) >= 11 is 6.13. The van der Waals surface area contributed by atoms with Crippen LogP contribution < -0.4 is 5.73 Å². The fourth-order valence-corrected chi connectivity index (χ4v) is 3.29. The summed E-state index contributed by atoms with van der Waals surface area (Å²) in [6.45, 7) is 2.01. The number of hydrogen-bond acceptors (Lipinski definition) is 3. The van der Waals surface area contributed by atoms with E-state index in [0.717, 1.165) is 11.1 Å². The maximum absolute atomic E-state index is 12.6. The average molecular weight is 408 g/mol. The maximum Gasteiger partial charge on any atom is 0.244 e. The molecule has 1 unspecified atom stereocenters. The molecule has 1 fully saturated rings. The van der Waals surface area contributed by atoms with Gasteiger partial charge in [-0.05, 0) is 17.2 Å². The summed E-state index contributed by atoms with van der Waals surface area (Å²) in [7, 11) is 0. The minimum absolute atomic E-state index is 0. The molecule has 0 saturated carbocycles. The van der Waals surface area contributed by atoms with Crippen LogP contribution in [0.25, 0.3) is 0 Å². The third-order valence-corrected chi connectivity index (χ3v) is 5.04. The number of hydrogen-bond donors (Lipinski definition) is 1. The van der Waals surface area contributed by atoms with Crippen molar-refractivity contribution in [1.29, 1.82) is 0 Å². The first-order valence-corrected chi connectivity index (χ1v) is 9.04. The summed E-state index contributed by atoms with van der Waals surface area (Å²) < 4.78 is 0. The van der Waals surface area contributed by atoms with Crippen molar-refractivity contribution in [2.24, 2.45) is 5.73 Å². The van der Waals surface area contributed by atoms with E-state index in [4.69, 9.17) is 17.3 Å². The standard InChI is InChI=1S/C20H22ClN3O2.ClH/c21-17-9-5-4-8-16(17)14-18(25)23-10-12-24(13-11-23)20(26)19(22)15-6-2-1-3-7-15;/h1-9,19H,10-14,22H2;1H. The van der Waals surface area contributed by atoms with Crippen molar-refractivity contribution in [2.45, 2.75) is 12.5 Å². The van der Waals surface area contributed by atoms with Gasteiger partial charge in [-0.15, -0.1) is 12.4 Å². The number of nitrogens with zero attached hydrogens (tertiary/aromatic N) is 2. The quantitative estimate of drug-likeness (QED) is 0.846. The SMILES string of the molecule is Cl.NC(C(=O)N1CCN(C(=O)Cc2ccccc2Cl)CC1)c1ccccc1. The summed E-state index contributed by atoms with van der Waals surface area (Å²) in [5.74, 6) is -0.0769. The third-order valence-electron chi connectivity index (χ3n) is 4.67. The van der Waals surface area contributed by atoms with E-state index in [-0.39, 0.29) is 30.6 Å². The maximum atomic E-state index is 12.6. The highest BCUT2D eigenvalue weighted by Gasteiger charge is 2.28. The molecule has 0 spiro atoms. The van der Waals surface area contributed by atoms with Crippen molar-refractivity contribution < 1.29 is 9.59 Å². The van der Waals surface area contributed by atoms with E-state index in [1.807, 2.05) is 48.5 Å². The van der Waals surface area contributed by atoms with Crippen LogP contribution >= 0.6 is 24.0 Å². The van der Waals surface area contributed by atoms with Crippen LogP contribution in [0.1, 0.15) is 17.2 Å². The molecule has 2 aromatic rings. The molecular weight excluding hydrogens is 385 g/mol. The highest BCUT2D eigenvalue weighted by atomic mass is 35.5. The molecule has 2 aromatic carbocycles. The van der Waals surface area contributed by atoms with Gasteiger partial charge in [0.05, 0.1) is 6.42 Å². The first-order chi connectivity index (χ1) is 12.6. The van der Waals surface area contributed by atoms with Crippen molar-refractivity contribution in [3.8, 4) is 0 Å². The second-order valence-electron chi connectivity index (χ2n) is 6.36. The molecule has 1 saturated heterocycles. The Bertz CT molecular complexity index is 778. The average Bonchev–Trinajstić information content (AvgIpc) is 2.69. The molecule has 0 bridgehead atoms. The largest absolute Gasteiger partial charge is 0.339 e. The number of rotatable bonds is 4. The third kappa shape index (κ3) is 5.22. The minimum Gasteiger partial charge on any atom is -0.339 e. The molecule has 1 aliphatic heterocycles. The van der Waals surface area contributed by atoms with Gasteiger partial charge < -0.3 is 15.5 Å². The van der Waals surface area contributed by atoms with Gasteiger partial charge in [-0.3, -0.25) is 9.59 Å². The molecule has 1 aliphatic rings. The zero-order valence-corrected chi connectivity index (χ0v) is 16.5. The van der Waals surface area contributed by atoms with Gasteiger partial charge in [0.15, 0.2) is 0 Å². The van der Waals surface area contributed by atoms with E-state index in [9.17, 15) is 9.59 Å². The Hall–Kier alpha value is -2.08. The minimum atomic E-state index is -0.665. The Morgan fingerprint density at radius 3 is 2.11 bits per heavy atom. The lowest BCUT2D eigenvalue weighted by Crippen LogP contribution is -2.52. The molecule has 7 heteroatoms. The van der Waals surface area contributed by atoms with E-state index in [1.165, 1.54) is 0 Å². The fraction of sp³-hybridized carbons (Fsp3) is 0.300. The second-order valence-corrected chi connectivity index (χ2v) is 6.77. The van der Waals surface area contributed by atoms with Gasteiger partial charge in [0, 0.05) is 31.2 Å². The molecular formula is C20H23Cl2N3O2. The molecule has 2 amide bonds. The normalized spacial score (nSPS) is 15.0. The van der Waals surface area contributed by atoms with Crippen LogP contribution in [-0.4, -0.2) is 47.8 Å². The van der Waals surface area contributed by atoms with Crippen molar-refractivity contribution in [2.75, 3.05) is 26.2 Å². The molecule has 0 aliphatic carbocycles. The van der Waals surface area contributed by atoms with Crippen LogP contribution in [-0.2, 0) is 16.0 Å². The summed E-state index contributed by atoms with van der Waals surface area (Å²) in [6.07, 6.45) is 0.275. The van der Waals surface area contributed by atoms with Gasteiger partial charge in [-0.1, -0.05) is 60.1 Å². The Balaban J connectivity index is 0.00000261. The number of amides is 2. The van der Waals surface area contributed by atoms with Crippen LogP contribution in [0.4, 0.5) is 0 Å². The summed E-state index contributed by atoms with van der Waals surface area (Å²) in [5.41, 5.74) is 7.72. The number of piperazine rings is 1. The first-order valence-electron chi connectivity index (χ1n) is 8.67. The Labute approximate surface area is 170 Å². The summed E-state index contributed by atoms with van der Waals surface area (Å²) in [6, 6.07) is 16.0. The van der Waals surface area contributed by atoms with E-state index < -0.39 is 6.04 Å². The topological polar surface area (TPSA) is 66.6 Å². The Kier molecular flexibility index (Phi) is 7.66. The van der Waals surface area contributed by atoms with Crippen LogP contribution in [0.3, 0.4) is 0 Å². The predicted molar refractivity (Wildman–Crippen MR) is 109 cm³/mol. The van der Waals surface area contributed by atoms with Crippen LogP contribution in [0.2, 0.25) is 5.02 Å². The van der Waals surface area contributed by atoms with Gasteiger partial charge in [-0.2, -0.15) is 0 Å². The van der Waals surface area contributed by atoms with Crippen LogP contribution in [0.5, 0.6) is 0 Å². The van der Waals surface area contributed by atoms with Gasteiger partial charge in [-0.25, -0.2) is 0 Å². The Morgan fingerprint density at radius 1 is 0.926 bits per heavy atom. The van der Waals surface area contributed by atoms with Gasteiger partial charge in [0.2, 0.25) is 11.8 Å². The second kappa shape index (κ2) is 9.74. The molecule has 0 aromatic heterocycles. The van der Waals surface area contributed by atoms with E-state index >= 15 is 0 Å². The summed E-state index contributed by atoms with van der Waals surface area (Å²) in [4.78, 5) is 28.6. The lowest BCUT2D eigenvalue weighted by molar-refractivity contribution is -0.140. The van der Waals surface area contributed by atoms with E-state index in [1.54, 1.807) is 15.9 Å². The van der Waals surface area contributed by atoms with E-state index in [2.05, 4.69) is 0 Å². The van der Waals surface area contributed by atoms with Crippen LogP contribution in [0, 0.1) is 0 Å². The highest BCUT2D eigenvalue weighted by molar-refractivity contribution is 6.31. The van der Waals surface area contributed by atoms with Crippen molar-refractivity contribution in [1.82, 2.24) is 9.80 Å². The molecule has 0 radical (unpaired) electrons. The monoisotopic (exact) mass is 407 g/mol. The van der Waals surface area contributed by atoms with E-state index in [0.29, 0.717) is 31.2 Å². The molecule has 5 nitrogen and oxygen atoms in total. The molecule has 1 heterocycles. The zero-order chi connectivity index (χ0) is 18.5. The molecule has 144 valence electrons. The lowest BCUT2D eigenvalue weighted by Gasteiger charge is -2.36. The highest BCUT2D eigenvalue weighted by Crippen LogP contribution is 2.18. The zero-order valence-electron chi connectivity index (χ0n) is 14.9. The number of benzene rings is 2. The smallest absolute Gasteiger partial charge is 0.244 e. The summed E-state index contributed by atoms with van der Waals surface area (Å²) in [5, 5.41) is 0.600. The number of halogens is 2. The number of carbonyl (C=O) groups is 2. The van der Waals surface area contributed by atoms with Gasteiger partial charge >= 0.3 is 0 Å². The molecule has 2 N–H and O–H groups in total. The molecule has 3 rings (SSSR count). The van der Waals surface area contributed by atoms with Crippen LogP contribution in [0.15, 0.2) is 54.6 Å². The Morgan fingerprint density at radius 2 is 1.48 bits per heavy atom. The van der Waals surface area contributed by atoms with Crippen molar-refractivity contribution in [3.63, 3.8) is 0 Å². The van der Waals surface area contributed by atoms with Gasteiger partial charge in [0.1, 0.15) is 6.04 Å². The van der Waals surface area contributed by atoms with Crippen molar-refractivity contribution >= 4 is 35.8 Å². The van der Waals surface area contributed by atoms with Gasteiger partial charge in [0.25, 0.3) is 0 Å². The predicted octanol–water partition coefficient (Wildman–Crippen LogP) is 2.68. The fourth-order valence-electron chi connectivity index (χ4n) is 3.09. The first kappa shape index (κ1) is 21.2. The van der Waals surface area contributed by atoms with Crippen molar-refractivity contribution in [3.05, 3.63) is 70.7 Å². The molecule has 27 heavy (non-hydrogen) atoms. The number of carbonyl (C=O) groups excluding carboxylic acids is 2.